The SMILES string of the molecule is O=C1CN([Si])C(=O)N1. The van der Waals surface area contributed by atoms with Gasteiger partial charge in [0.25, 0.3) is 0 Å². The molecule has 4 nitrogen and oxygen atoms in total. The van der Waals surface area contributed by atoms with Gasteiger partial charge in [0.05, 0.1) is 6.54 Å². The summed E-state index contributed by atoms with van der Waals surface area (Å²) >= 11 is 0. The summed E-state index contributed by atoms with van der Waals surface area (Å²) in [5.41, 5.74) is 0. The van der Waals surface area contributed by atoms with Gasteiger partial charge in [-0.05, 0) is 0 Å². The number of hydrogen-bond acceptors (Lipinski definition) is 2. The van der Waals surface area contributed by atoms with Gasteiger partial charge in [0.15, 0.2) is 10.4 Å². The molecule has 8 heavy (non-hydrogen) atoms. The van der Waals surface area contributed by atoms with Gasteiger partial charge in [-0.25, -0.2) is 4.79 Å². The summed E-state index contributed by atoms with van der Waals surface area (Å²) in [5, 5.41) is 2.07. The molecule has 0 saturated carbocycles. The van der Waals surface area contributed by atoms with E-state index in [0.717, 1.165) is 4.57 Å². The minimum Gasteiger partial charge on any atom is -0.344 e. The van der Waals surface area contributed by atoms with Crippen molar-refractivity contribution in [2.75, 3.05) is 6.54 Å². The quantitative estimate of drug-likeness (QED) is 0.322. The van der Waals surface area contributed by atoms with Crippen molar-refractivity contribution in [2.24, 2.45) is 0 Å². The number of rotatable bonds is 0. The third-order valence-electron chi connectivity index (χ3n) is 0.793. The van der Waals surface area contributed by atoms with E-state index in [1.807, 2.05) is 0 Å². The molecule has 1 saturated heterocycles. The van der Waals surface area contributed by atoms with Crippen LogP contribution in [0.15, 0.2) is 0 Å². The van der Waals surface area contributed by atoms with Gasteiger partial charge in [-0.3, -0.25) is 10.1 Å². The van der Waals surface area contributed by atoms with Crippen molar-refractivity contribution in [1.29, 1.82) is 0 Å². The zero-order valence-corrected chi connectivity index (χ0v) is 4.97. The number of nitrogens with zero attached hydrogens (tertiary/aromatic N) is 1. The monoisotopic (exact) mass is 127 g/mol. The van der Waals surface area contributed by atoms with Gasteiger partial charge in [0.2, 0.25) is 5.91 Å². The molecule has 5 heteroatoms. The molecule has 1 heterocycles. The summed E-state index contributed by atoms with van der Waals surface area (Å²) in [7, 11) is 2.89. The fourth-order valence-electron chi connectivity index (χ4n) is 0.442. The van der Waals surface area contributed by atoms with Crippen molar-refractivity contribution in [3.63, 3.8) is 0 Å². The lowest BCUT2D eigenvalue weighted by Crippen LogP contribution is -2.25. The molecule has 41 valence electrons. The minimum absolute atomic E-state index is 0.107. The number of carbonyl (C=O) groups excluding carboxylic acids is 2. The predicted octanol–water partition coefficient (Wildman–Crippen LogP) is -1.38. The molecule has 1 aliphatic rings. The molecule has 0 unspecified atom stereocenters. The van der Waals surface area contributed by atoms with E-state index >= 15 is 0 Å². The topological polar surface area (TPSA) is 49.4 Å². The molecule has 0 atom stereocenters. The Morgan fingerprint density at radius 3 is 2.38 bits per heavy atom. The van der Waals surface area contributed by atoms with Crippen LogP contribution in [0.2, 0.25) is 0 Å². The first kappa shape index (κ1) is 5.30. The molecular formula is C3H3N2O2Si. The summed E-state index contributed by atoms with van der Waals surface area (Å²) in [6.45, 7) is 0.107. The Balaban J connectivity index is 2.64. The van der Waals surface area contributed by atoms with Crippen LogP contribution in [0.3, 0.4) is 0 Å². The largest absolute Gasteiger partial charge is 0.344 e. The second-order valence-electron chi connectivity index (χ2n) is 1.44. The highest BCUT2D eigenvalue weighted by Gasteiger charge is 2.21. The molecule has 0 aromatic heterocycles. The Bertz CT molecular complexity index is 146. The Morgan fingerprint density at radius 1 is 1.62 bits per heavy atom. The molecule has 0 aromatic carbocycles. The van der Waals surface area contributed by atoms with Crippen molar-refractivity contribution >= 4 is 22.3 Å². The zero-order chi connectivity index (χ0) is 6.15. The first-order valence-corrected chi connectivity index (χ1v) is 2.47. The van der Waals surface area contributed by atoms with E-state index in [1.54, 1.807) is 0 Å². The number of hydrogen-bond donors (Lipinski definition) is 1. The standard InChI is InChI=1S/C3H3N2O2Si/c6-2-1-5(8)3(7)4-2/h1H2,(H,4,6,7). The van der Waals surface area contributed by atoms with Crippen LogP contribution < -0.4 is 5.32 Å². The second-order valence-corrected chi connectivity index (χ2v) is 1.98. The Hall–Kier alpha value is -0.843. The van der Waals surface area contributed by atoms with Crippen LogP contribution in [0.4, 0.5) is 4.79 Å². The van der Waals surface area contributed by atoms with Gasteiger partial charge in [-0.2, -0.15) is 0 Å². The van der Waals surface area contributed by atoms with Crippen molar-refractivity contribution < 1.29 is 9.59 Å². The molecule has 3 radical (unpaired) electrons. The summed E-state index contributed by atoms with van der Waals surface area (Å²) in [6, 6.07) is -0.397. The number of nitrogens with one attached hydrogen (secondary N) is 1. The van der Waals surface area contributed by atoms with Crippen molar-refractivity contribution in [1.82, 2.24) is 9.88 Å². The predicted molar refractivity (Wildman–Crippen MR) is 26.0 cm³/mol. The van der Waals surface area contributed by atoms with E-state index < -0.39 is 6.03 Å². The van der Waals surface area contributed by atoms with Crippen LogP contribution in [0.1, 0.15) is 0 Å². The van der Waals surface area contributed by atoms with Gasteiger partial charge in [0, 0.05) is 0 Å². The molecule has 1 aliphatic heterocycles. The van der Waals surface area contributed by atoms with E-state index in [4.69, 9.17) is 0 Å². The highest BCUT2D eigenvalue weighted by molar-refractivity contribution is 6.20. The maximum absolute atomic E-state index is 10.3. The van der Waals surface area contributed by atoms with Crippen LogP contribution in [0.5, 0.6) is 0 Å². The number of amides is 3. The lowest BCUT2D eigenvalue weighted by molar-refractivity contribution is -0.118. The van der Waals surface area contributed by atoms with Crippen LogP contribution in [0.25, 0.3) is 0 Å². The minimum atomic E-state index is -0.397. The summed E-state index contributed by atoms with van der Waals surface area (Å²) in [6.07, 6.45) is 0. The summed E-state index contributed by atoms with van der Waals surface area (Å²) in [4.78, 5) is 20.6. The molecule has 1 fully saturated rings. The van der Waals surface area contributed by atoms with Crippen LogP contribution in [-0.4, -0.2) is 33.5 Å². The van der Waals surface area contributed by atoms with Crippen molar-refractivity contribution in [2.45, 2.75) is 0 Å². The van der Waals surface area contributed by atoms with Crippen LogP contribution in [0, 0.1) is 0 Å². The van der Waals surface area contributed by atoms with E-state index in [1.165, 1.54) is 0 Å². The average Bonchev–Trinajstić information content (AvgIpc) is 1.85. The van der Waals surface area contributed by atoms with Crippen molar-refractivity contribution in [3.05, 3.63) is 0 Å². The molecule has 0 aliphatic carbocycles. The van der Waals surface area contributed by atoms with Crippen LogP contribution >= 0.6 is 0 Å². The summed E-state index contributed by atoms with van der Waals surface area (Å²) in [5.74, 6) is -0.273. The number of imide groups is 1. The highest BCUT2D eigenvalue weighted by atomic mass is 28.2. The second kappa shape index (κ2) is 1.59. The molecule has 3 amide bonds. The van der Waals surface area contributed by atoms with E-state index in [2.05, 4.69) is 15.7 Å². The van der Waals surface area contributed by atoms with Crippen molar-refractivity contribution in [3.8, 4) is 0 Å². The Morgan fingerprint density at radius 2 is 2.25 bits per heavy atom. The van der Waals surface area contributed by atoms with Gasteiger partial charge in [-0.1, -0.05) is 0 Å². The average molecular weight is 127 g/mol. The maximum atomic E-state index is 10.3. The van der Waals surface area contributed by atoms with E-state index in [-0.39, 0.29) is 12.5 Å². The first-order chi connectivity index (χ1) is 3.70. The highest BCUT2D eigenvalue weighted by Crippen LogP contribution is 1.89. The van der Waals surface area contributed by atoms with Gasteiger partial charge in [-0.15, -0.1) is 0 Å². The summed E-state index contributed by atoms with van der Waals surface area (Å²) < 4.78 is 1.13. The molecule has 0 spiro atoms. The van der Waals surface area contributed by atoms with E-state index in [9.17, 15) is 9.59 Å². The lowest BCUT2D eigenvalue weighted by atomic mass is 10.7. The van der Waals surface area contributed by atoms with Crippen LogP contribution in [-0.2, 0) is 4.79 Å². The normalized spacial score (nSPS) is 19.4. The molecule has 1 rings (SSSR count). The van der Waals surface area contributed by atoms with E-state index in [0.29, 0.717) is 0 Å². The molecular weight excluding hydrogens is 124 g/mol. The van der Waals surface area contributed by atoms with Gasteiger partial charge < -0.3 is 4.57 Å². The Labute approximate surface area is 49.3 Å². The zero-order valence-electron chi connectivity index (χ0n) is 3.97. The smallest absolute Gasteiger partial charge is 0.316 e. The first-order valence-electron chi connectivity index (χ1n) is 2.03. The molecule has 0 bridgehead atoms. The lowest BCUT2D eigenvalue weighted by Gasteiger charge is -1.99. The van der Waals surface area contributed by atoms with Gasteiger partial charge >= 0.3 is 6.03 Å². The Kier molecular flexibility index (Phi) is 1.05. The maximum Gasteiger partial charge on any atom is 0.316 e. The third kappa shape index (κ3) is 0.716. The third-order valence-corrected chi connectivity index (χ3v) is 1.15. The number of urea groups is 1. The fraction of sp³-hybridized carbons (Fsp3) is 0.333. The van der Waals surface area contributed by atoms with Gasteiger partial charge in [0.1, 0.15) is 0 Å². The molecule has 0 aromatic rings. The fourth-order valence-corrected chi connectivity index (χ4v) is 0.641. The molecule has 1 N–H and O–H groups in total. The number of carbonyl (C=O) groups is 2.